The van der Waals surface area contributed by atoms with Crippen molar-refractivity contribution < 1.29 is 14.2 Å². The molecular formula is C22H33N5O3S. The molecule has 0 radical (unpaired) electrons. The van der Waals surface area contributed by atoms with Gasteiger partial charge in [0.05, 0.1) is 33.6 Å². The van der Waals surface area contributed by atoms with Crippen molar-refractivity contribution >= 4 is 22.4 Å². The summed E-state index contributed by atoms with van der Waals surface area (Å²) in [6.07, 6.45) is 3.40. The Bertz CT molecular complexity index is 840. The van der Waals surface area contributed by atoms with E-state index < -0.39 is 0 Å². The number of hydrogen-bond acceptors (Lipinski definition) is 7. The second kappa shape index (κ2) is 11.6. The lowest BCUT2D eigenvalue weighted by Crippen LogP contribution is -2.38. The molecule has 0 amide bonds. The van der Waals surface area contributed by atoms with Crippen LogP contribution in [0, 0.1) is 0 Å². The Labute approximate surface area is 188 Å². The van der Waals surface area contributed by atoms with Gasteiger partial charge in [0.2, 0.25) is 5.75 Å². The van der Waals surface area contributed by atoms with Gasteiger partial charge in [-0.05, 0) is 37.5 Å². The molecule has 1 aliphatic heterocycles. The molecule has 8 nitrogen and oxygen atoms in total. The molecule has 1 saturated heterocycles. The summed E-state index contributed by atoms with van der Waals surface area (Å²) < 4.78 is 16.3. The predicted octanol–water partition coefficient (Wildman–Crippen LogP) is 3.07. The average molecular weight is 448 g/mol. The Morgan fingerprint density at radius 2 is 1.81 bits per heavy atom. The summed E-state index contributed by atoms with van der Waals surface area (Å²) in [5.74, 6) is 2.61. The highest BCUT2D eigenvalue weighted by Gasteiger charge is 2.16. The lowest BCUT2D eigenvalue weighted by atomic mass is 10.2. The van der Waals surface area contributed by atoms with Gasteiger partial charge in [0.1, 0.15) is 0 Å². The lowest BCUT2D eigenvalue weighted by molar-refractivity contribution is 0.324. The molecule has 0 atom stereocenters. The molecule has 0 spiro atoms. The monoisotopic (exact) mass is 447 g/mol. The van der Waals surface area contributed by atoms with E-state index in [-0.39, 0.29) is 0 Å². The number of nitrogens with zero attached hydrogens (tertiary/aromatic N) is 3. The van der Waals surface area contributed by atoms with Crippen molar-refractivity contribution in [2.75, 3.05) is 52.4 Å². The van der Waals surface area contributed by atoms with Crippen molar-refractivity contribution in [2.24, 2.45) is 4.99 Å². The Kier molecular flexibility index (Phi) is 8.63. The van der Waals surface area contributed by atoms with Gasteiger partial charge in [-0.2, -0.15) is 0 Å². The molecule has 2 heterocycles. The van der Waals surface area contributed by atoms with Gasteiger partial charge < -0.3 is 29.7 Å². The molecule has 170 valence electrons. The van der Waals surface area contributed by atoms with Gasteiger partial charge in [-0.15, -0.1) is 11.3 Å². The minimum absolute atomic E-state index is 0.488. The van der Waals surface area contributed by atoms with Crippen molar-refractivity contribution in [1.82, 2.24) is 15.6 Å². The highest BCUT2D eigenvalue weighted by molar-refractivity contribution is 7.13. The number of nitrogens with one attached hydrogen (secondary N) is 2. The van der Waals surface area contributed by atoms with Crippen LogP contribution in [0.3, 0.4) is 0 Å². The van der Waals surface area contributed by atoms with E-state index in [2.05, 4.69) is 27.8 Å². The molecule has 1 aromatic heterocycles. The Morgan fingerprint density at radius 3 is 2.42 bits per heavy atom. The standard InChI is InChI=1S/C22H33N5O3S/c1-5-23-21(24-9-8-17-15-31-22(26-17)27-10-6-7-11-27)25-14-16-12-18(28-2)20(30-4)19(13-16)29-3/h12-13,15H,5-11,14H2,1-4H3,(H2,23,24,25). The minimum atomic E-state index is 0.488. The van der Waals surface area contributed by atoms with Gasteiger partial charge in [0.25, 0.3) is 0 Å². The Balaban J connectivity index is 1.59. The number of hydrogen-bond donors (Lipinski definition) is 2. The van der Waals surface area contributed by atoms with Crippen molar-refractivity contribution in [3.8, 4) is 17.2 Å². The second-order valence-electron chi connectivity index (χ2n) is 7.22. The van der Waals surface area contributed by atoms with E-state index in [1.54, 1.807) is 32.7 Å². The van der Waals surface area contributed by atoms with Crippen LogP contribution in [0.15, 0.2) is 22.5 Å². The summed E-state index contributed by atoms with van der Waals surface area (Å²) in [5, 5.41) is 10.0. The van der Waals surface area contributed by atoms with Gasteiger partial charge in [0.15, 0.2) is 22.6 Å². The van der Waals surface area contributed by atoms with Crippen LogP contribution in [0.25, 0.3) is 0 Å². The van der Waals surface area contributed by atoms with Crippen LogP contribution in [-0.2, 0) is 13.0 Å². The van der Waals surface area contributed by atoms with E-state index in [1.807, 2.05) is 12.1 Å². The first-order chi connectivity index (χ1) is 15.2. The maximum atomic E-state index is 5.43. The highest BCUT2D eigenvalue weighted by Crippen LogP contribution is 2.38. The average Bonchev–Trinajstić information content (AvgIpc) is 3.48. The molecule has 1 fully saturated rings. The zero-order valence-corrected chi connectivity index (χ0v) is 19.7. The summed E-state index contributed by atoms with van der Waals surface area (Å²) >= 11 is 1.74. The maximum absolute atomic E-state index is 5.43. The summed E-state index contributed by atoms with van der Waals surface area (Å²) in [5.41, 5.74) is 2.10. The molecular weight excluding hydrogens is 414 g/mol. The smallest absolute Gasteiger partial charge is 0.203 e. The molecule has 2 N–H and O–H groups in total. The van der Waals surface area contributed by atoms with Gasteiger partial charge in [-0.1, -0.05) is 0 Å². The normalized spacial score (nSPS) is 13.9. The zero-order chi connectivity index (χ0) is 22.1. The fourth-order valence-electron chi connectivity index (χ4n) is 3.51. The van der Waals surface area contributed by atoms with Gasteiger partial charge in [-0.3, -0.25) is 0 Å². The number of anilines is 1. The topological polar surface area (TPSA) is 80.2 Å². The quantitative estimate of drug-likeness (QED) is 0.428. The summed E-state index contributed by atoms with van der Waals surface area (Å²) in [7, 11) is 4.83. The molecule has 2 aromatic rings. The fourth-order valence-corrected chi connectivity index (χ4v) is 4.43. The van der Waals surface area contributed by atoms with Gasteiger partial charge in [-0.25, -0.2) is 9.98 Å². The molecule has 31 heavy (non-hydrogen) atoms. The van der Waals surface area contributed by atoms with Crippen molar-refractivity contribution in [1.29, 1.82) is 0 Å². The van der Waals surface area contributed by atoms with Crippen molar-refractivity contribution in [2.45, 2.75) is 32.7 Å². The van der Waals surface area contributed by atoms with E-state index in [1.165, 1.54) is 12.8 Å². The number of guanidine groups is 1. The first kappa shape index (κ1) is 23.0. The third kappa shape index (κ3) is 6.16. The second-order valence-corrected chi connectivity index (χ2v) is 8.06. The van der Waals surface area contributed by atoms with Crippen molar-refractivity contribution in [3.63, 3.8) is 0 Å². The SMILES string of the molecule is CCNC(=NCc1cc(OC)c(OC)c(OC)c1)NCCc1csc(N2CCCC2)n1. The van der Waals surface area contributed by atoms with Crippen LogP contribution < -0.4 is 29.7 Å². The highest BCUT2D eigenvalue weighted by atomic mass is 32.1. The summed E-state index contributed by atoms with van der Waals surface area (Å²) in [6, 6.07) is 3.84. The third-order valence-electron chi connectivity index (χ3n) is 5.08. The summed E-state index contributed by atoms with van der Waals surface area (Å²) in [6.45, 7) is 6.36. The maximum Gasteiger partial charge on any atom is 0.203 e. The molecule has 1 aromatic carbocycles. The first-order valence-corrected chi connectivity index (χ1v) is 11.6. The third-order valence-corrected chi connectivity index (χ3v) is 6.03. The molecule has 3 rings (SSSR count). The van der Waals surface area contributed by atoms with Crippen molar-refractivity contribution in [3.05, 3.63) is 28.8 Å². The Hall–Kier alpha value is -2.68. The van der Waals surface area contributed by atoms with Crippen LogP contribution >= 0.6 is 11.3 Å². The fraction of sp³-hybridized carbons (Fsp3) is 0.545. The molecule has 0 unspecified atom stereocenters. The van der Waals surface area contributed by atoms with Crippen LogP contribution in [0.1, 0.15) is 31.0 Å². The number of rotatable bonds is 10. The van der Waals surface area contributed by atoms with Crippen LogP contribution in [0.2, 0.25) is 0 Å². The number of thiazole rings is 1. The van der Waals surface area contributed by atoms with E-state index >= 15 is 0 Å². The van der Waals surface area contributed by atoms with Crippen LogP contribution in [0.5, 0.6) is 17.2 Å². The van der Waals surface area contributed by atoms with Crippen LogP contribution in [0.4, 0.5) is 5.13 Å². The zero-order valence-electron chi connectivity index (χ0n) is 18.9. The first-order valence-electron chi connectivity index (χ1n) is 10.7. The molecule has 9 heteroatoms. The lowest BCUT2D eigenvalue weighted by Gasteiger charge is -2.14. The number of aliphatic imine (C=N–C) groups is 1. The summed E-state index contributed by atoms with van der Waals surface area (Å²) in [4.78, 5) is 11.9. The minimum Gasteiger partial charge on any atom is -0.493 e. The van der Waals surface area contributed by atoms with E-state index in [0.29, 0.717) is 23.8 Å². The molecule has 1 aliphatic rings. The van der Waals surface area contributed by atoms with Crippen LogP contribution in [-0.4, -0.2) is 58.5 Å². The molecule has 0 saturated carbocycles. The number of ether oxygens (including phenoxy) is 3. The largest absolute Gasteiger partial charge is 0.493 e. The van der Waals surface area contributed by atoms with E-state index in [0.717, 1.165) is 54.9 Å². The Morgan fingerprint density at radius 1 is 1.10 bits per heavy atom. The van der Waals surface area contributed by atoms with E-state index in [4.69, 9.17) is 24.2 Å². The van der Waals surface area contributed by atoms with Gasteiger partial charge in [0, 0.05) is 38.0 Å². The molecule has 0 aliphatic carbocycles. The molecule has 0 bridgehead atoms. The predicted molar refractivity (Wildman–Crippen MR) is 126 cm³/mol. The van der Waals surface area contributed by atoms with Gasteiger partial charge >= 0.3 is 0 Å². The number of aromatic nitrogens is 1. The number of benzene rings is 1. The van der Waals surface area contributed by atoms with E-state index in [9.17, 15) is 0 Å². The number of methoxy groups -OCH3 is 3.